The summed E-state index contributed by atoms with van der Waals surface area (Å²) in [6.45, 7) is 1.11. The first kappa shape index (κ1) is 15.0. The van der Waals surface area contributed by atoms with Crippen molar-refractivity contribution in [1.82, 2.24) is 5.32 Å². The molecular weight excluding hydrogens is 286 g/mol. The maximum absolute atomic E-state index is 6.28. The predicted molar refractivity (Wildman–Crippen MR) is 85.6 cm³/mol. The Morgan fingerprint density at radius 1 is 1.19 bits per heavy atom. The third-order valence-corrected chi connectivity index (χ3v) is 4.75. The Labute approximate surface area is 132 Å². The van der Waals surface area contributed by atoms with Crippen LogP contribution in [0.15, 0.2) is 12.1 Å². The second kappa shape index (κ2) is 6.89. The van der Waals surface area contributed by atoms with Crippen molar-refractivity contribution in [2.75, 3.05) is 13.7 Å². The van der Waals surface area contributed by atoms with Gasteiger partial charge in [0.05, 0.1) is 13.2 Å². The molecular formula is C17H24ClNO2. The van der Waals surface area contributed by atoms with Gasteiger partial charge in [-0.2, -0.15) is 0 Å². The van der Waals surface area contributed by atoms with Crippen LogP contribution in [0.2, 0.25) is 5.02 Å². The minimum Gasteiger partial charge on any atom is -0.493 e. The topological polar surface area (TPSA) is 30.5 Å². The van der Waals surface area contributed by atoms with E-state index in [0.717, 1.165) is 42.3 Å². The molecule has 1 atom stereocenters. The number of ether oxygens (including phenoxy) is 2. The van der Waals surface area contributed by atoms with Gasteiger partial charge in [-0.3, -0.25) is 0 Å². The highest BCUT2D eigenvalue weighted by atomic mass is 35.5. The van der Waals surface area contributed by atoms with E-state index in [1.165, 1.54) is 31.2 Å². The molecule has 116 valence electrons. The molecule has 1 aliphatic carbocycles. The Morgan fingerprint density at radius 3 is 2.67 bits per heavy atom. The summed E-state index contributed by atoms with van der Waals surface area (Å²) >= 11 is 6.25. The Bertz CT molecular complexity index is 480. The summed E-state index contributed by atoms with van der Waals surface area (Å²) < 4.78 is 11.8. The van der Waals surface area contributed by atoms with Crippen LogP contribution < -0.4 is 14.8 Å². The zero-order valence-electron chi connectivity index (χ0n) is 12.7. The van der Waals surface area contributed by atoms with E-state index in [0.29, 0.717) is 12.1 Å². The summed E-state index contributed by atoms with van der Waals surface area (Å²) in [5.41, 5.74) is 1.17. The first-order chi connectivity index (χ1) is 10.3. The summed E-state index contributed by atoms with van der Waals surface area (Å²) in [4.78, 5) is 0. The number of rotatable bonds is 5. The maximum Gasteiger partial charge on any atom is 0.164 e. The molecule has 0 amide bonds. The molecule has 0 bridgehead atoms. The number of hydrogen-bond donors (Lipinski definition) is 1. The van der Waals surface area contributed by atoms with Crippen molar-refractivity contribution in [1.29, 1.82) is 0 Å². The quantitative estimate of drug-likeness (QED) is 0.893. The molecule has 1 saturated carbocycles. The van der Waals surface area contributed by atoms with Crippen molar-refractivity contribution in [3.63, 3.8) is 0 Å². The van der Waals surface area contributed by atoms with Crippen molar-refractivity contribution < 1.29 is 9.47 Å². The molecule has 1 aliphatic heterocycles. The lowest BCUT2D eigenvalue weighted by Crippen LogP contribution is -2.24. The highest BCUT2D eigenvalue weighted by Crippen LogP contribution is 2.38. The van der Waals surface area contributed by atoms with Crippen LogP contribution >= 0.6 is 11.6 Å². The Hall–Kier alpha value is -0.930. The van der Waals surface area contributed by atoms with Crippen molar-refractivity contribution in [2.45, 2.75) is 57.1 Å². The monoisotopic (exact) mass is 309 g/mol. The van der Waals surface area contributed by atoms with Gasteiger partial charge in [0.15, 0.2) is 11.5 Å². The van der Waals surface area contributed by atoms with E-state index in [1.807, 2.05) is 12.1 Å². The average molecular weight is 310 g/mol. The fourth-order valence-electron chi connectivity index (χ4n) is 3.43. The summed E-state index contributed by atoms with van der Waals surface area (Å²) in [6, 6.07) is 4.42. The van der Waals surface area contributed by atoms with E-state index in [9.17, 15) is 0 Å². The molecule has 21 heavy (non-hydrogen) atoms. The van der Waals surface area contributed by atoms with Gasteiger partial charge in [-0.15, -0.1) is 0 Å². The molecule has 0 spiro atoms. The average Bonchev–Trinajstić information content (AvgIpc) is 3.14. The molecule has 1 heterocycles. The molecule has 4 heteroatoms. The minimum absolute atomic E-state index is 0.329. The van der Waals surface area contributed by atoms with Crippen LogP contribution in [0.25, 0.3) is 0 Å². The molecule has 0 aromatic heterocycles. The number of nitrogens with one attached hydrogen (secondary N) is 1. The molecule has 1 saturated heterocycles. The summed E-state index contributed by atoms with van der Waals surface area (Å²) in [6.07, 6.45) is 8.58. The lowest BCUT2D eigenvalue weighted by Gasteiger charge is -2.21. The van der Waals surface area contributed by atoms with Crippen molar-refractivity contribution >= 4 is 11.6 Å². The van der Waals surface area contributed by atoms with Crippen molar-refractivity contribution in [3.8, 4) is 11.5 Å². The first-order valence-electron chi connectivity index (χ1n) is 8.02. The minimum atomic E-state index is 0.329. The molecule has 1 aromatic rings. The molecule has 1 N–H and O–H groups in total. The molecule has 1 aromatic carbocycles. The maximum atomic E-state index is 6.28. The largest absolute Gasteiger partial charge is 0.493 e. The molecule has 1 unspecified atom stereocenters. The van der Waals surface area contributed by atoms with Gasteiger partial charge in [-0.05, 0) is 57.6 Å². The lowest BCUT2D eigenvalue weighted by molar-refractivity contribution is 0.198. The van der Waals surface area contributed by atoms with Crippen LogP contribution in [-0.2, 0) is 6.42 Å². The van der Waals surface area contributed by atoms with Crippen LogP contribution in [0.4, 0.5) is 0 Å². The van der Waals surface area contributed by atoms with Gasteiger partial charge in [0, 0.05) is 22.7 Å². The highest BCUT2D eigenvalue weighted by molar-refractivity contribution is 6.30. The van der Waals surface area contributed by atoms with Gasteiger partial charge in [-0.1, -0.05) is 11.6 Å². The summed E-state index contributed by atoms with van der Waals surface area (Å²) in [5, 5.41) is 4.26. The van der Waals surface area contributed by atoms with E-state index < -0.39 is 0 Å². The fraction of sp³-hybridized carbons (Fsp3) is 0.647. The van der Waals surface area contributed by atoms with Crippen LogP contribution in [0.5, 0.6) is 11.5 Å². The Morgan fingerprint density at radius 2 is 2.00 bits per heavy atom. The Kier molecular flexibility index (Phi) is 4.91. The number of halogens is 1. The van der Waals surface area contributed by atoms with Crippen LogP contribution in [0, 0.1) is 0 Å². The number of benzene rings is 1. The lowest BCUT2D eigenvalue weighted by atomic mass is 10.0. The third-order valence-electron chi connectivity index (χ3n) is 4.53. The second-order valence-electron chi connectivity index (χ2n) is 6.12. The van der Waals surface area contributed by atoms with E-state index in [-0.39, 0.29) is 0 Å². The van der Waals surface area contributed by atoms with Gasteiger partial charge in [0.2, 0.25) is 0 Å². The van der Waals surface area contributed by atoms with Crippen LogP contribution in [0.1, 0.15) is 44.1 Å². The highest BCUT2D eigenvalue weighted by Gasteiger charge is 2.23. The number of hydrogen-bond acceptors (Lipinski definition) is 3. The smallest absolute Gasteiger partial charge is 0.164 e. The van der Waals surface area contributed by atoms with Gasteiger partial charge in [0.25, 0.3) is 0 Å². The molecule has 3 rings (SSSR count). The van der Waals surface area contributed by atoms with Crippen molar-refractivity contribution in [2.24, 2.45) is 0 Å². The molecule has 3 nitrogen and oxygen atoms in total. The standard InChI is InChI=1S/C17H24ClNO2/c1-20-16-11-13(18)9-12(10-14-5-4-8-19-14)17(16)21-15-6-2-3-7-15/h9,11,14-15,19H,2-8,10H2,1H3. The van der Waals surface area contributed by atoms with Crippen LogP contribution in [0.3, 0.4) is 0 Å². The fourth-order valence-corrected chi connectivity index (χ4v) is 3.66. The number of methoxy groups -OCH3 is 1. The molecule has 2 aliphatic rings. The summed E-state index contributed by atoms with van der Waals surface area (Å²) in [7, 11) is 1.69. The van der Waals surface area contributed by atoms with Crippen LogP contribution in [-0.4, -0.2) is 25.8 Å². The molecule has 2 fully saturated rings. The summed E-state index contributed by atoms with van der Waals surface area (Å²) in [5.74, 6) is 1.67. The van der Waals surface area contributed by atoms with E-state index >= 15 is 0 Å². The van der Waals surface area contributed by atoms with E-state index in [4.69, 9.17) is 21.1 Å². The zero-order valence-corrected chi connectivity index (χ0v) is 13.4. The van der Waals surface area contributed by atoms with Gasteiger partial charge >= 0.3 is 0 Å². The zero-order chi connectivity index (χ0) is 14.7. The first-order valence-corrected chi connectivity index (χ1v) is 8.40. The Balaban J connectivity index is 1.85. The molecule has 0 radical (unpaired) electrons. The third kappa shape index (κ3) is 3.64. The SMILES string of the molecule is COc1cc(Cl)cc(CC2CCCN2)c1OC1CCCC1. The van der Waals surface area contributed by atoms with Gasteiger partial charge < -0.3 is 14.8 Å². The second-order valence-corrected chi connectivity index (χ2v) is 6.55. The predicted octanol–water partition coefficient (Wildman–Crippen LogP) is 3.96. The normalized spacial score (nSPS) is 22.7. The van der Waals surface area contributed by atoms with Gasteiger partial charge in [-0.25, -0.2) is 0 Å². The van der Waals surface area contributed by atoms with Gasteiger partial charge in [0.1, 0.15) is 0 Å². The van der Waals surface area contributed by atoms with Crippen molar-refractivity contribution in [3.05, 3.63) is 22.7 Å². The van der Waals surface area contributed by atoms with E-state index in [2.05, 4.69) is 5.32 Å². The van der Waals surface area contributed by atoms with E-state index in [1.54, 1.807) is 7.11 Å².